The number of fused-ring (bicyclic) bond motifs is 1. The molecule has 0 atom stereocenters. The van der Waals surface area contributed by atoms with Gasteiger partial charge in [0, 0.05) is 22.1 Å². The molecule has 0 amide bonds. The Morgan fingerprint density at radius 3 is 3.00 bits per heavy atom. The first-order chi connectivity index (χ1) is 6.31. The van der Waals surface area contributed by atoms with Crippen molar-refractivity contribution in [1.82, 2.24) is 4.98 Å². The topological polar surface area (TPSA) is 15.8 Å². The van der Waals surface area contributed by atoms with Crippen LogP contribution >= 0.6 is 11.6 Å². The third-order valence-electron chi connectivity index (χ3n) is 2.25. The molecule has 2 heteroatoms. The lowest BCUT2D eigenvalue weighted by atomic mass is 10.1. The molecule has 0 unspecified atom stereocenters. The summed E-state index contributed by atoms with van der Waals surface area (Å²) >= 11 is 5.93. The zero-order valence-electron chi connectivity index (χ0n) is 7.60. The first kappa shape index (κ1) is 8.64. The van der Waals surface area contributed by atoms with Crippen LogP contribution in [-0.2, 0) is 6.42 Å². The van der Waals surface area contributed by atoms with E-state index < -0.39 is 0 Å². The third-order valence-corrected chi connectivity index (χ3v) is 2.48. The Morgan fingerprint density at radius 2 is 2.23 bits per heavy atom. The summed E-state index contributed by atoms with van der Waals surface area (Å²) in [6.45, 7) is 2.18. The molecule has 0 saturated heterocycles. The van der Waals surface area contributed by atoms with E-state index in [-0.39, 0.29) is 0 Å². The minimum atomic E-state index is 0.810. The van der Waals surface area contributed by atoms with E-state index >= 15 is 0 Å². The van der Waals surface area contributed by atoms with E-state index in [1.807, 2.05) is 18.2 Å². The Kier molecular flexibility index (Phi) is 2.28. The molecule has 0 aliphatic rings. The minimum absolute atomic E-state index is 0.810. The Balaban J connectivity index is 2.58. The number of nitrogens with one attached hydrogen (secondary N) is 1. The number of benzene rings is 1. The highest BCUT2D eigenvalue weighted by molar-refractivity contribution is 6.31. The molecule has 13 heavy (non-hydrogen) atoms. The summed E-state index contributed by atoms with van der Waals surface area (Å²) in [5, 5.41) is 2.07. The summed E-state index contributed by atoms with van der Waals surface area (Å²) in [6, 6.07) is 5.96. The standard InChI is InChI=1S/C11H12ClN/c1-2-3-8-7-13-11-5-4-9(12)6-10(8)11/h4-7,13H,2-3H2,1H3. The fourth-order valence-corrected chi connectivity index (χ4v) is 1.80. The van der Waals surface area contributed by atoms with Gasteiger partial charge in [0.1, 0.15) is 0 Å². The van der Waals surface area contributed by atoms with Crippen molar-refractivity contribution in [3.63, 3.8) is 0 Å². The molecule has 2 rings (SSSR count). The van der Waals surface area contributed by atoms with Gasteiger partial charge in [-0.15, -0.1) is 0 Å². The van der Waals surface area contributed by atoms with E-state index in [2.05, 4.69) is 18.1 Å². The Hall–Kier alpha value is -0.950. The molecule has 0 saturated carbocycles. The van der Waals surface area contributed by atoms with Crippen molar-refractivity contribution in [3.8, 4) is 0 Å². The molecule has 0 spiro atoms. The quantitative estimate of drug-likeness (QED) is 0.748. The highest BCUT2D eigenvalue weighted by Crippen LogP contribution is 2.23. The number of aromatic amines is 1. The molecule has 1 nitrogen and oxygen atoms in total. The van der Waals surface area contributed by atoms with Gasteiger partial charge < -0.3 is 4.98 Å². The average molecular weight is 194 g/mol. The van der Waals surface area contributed by atoms with E-state index in [9.17, 15) is 0 Å². The van der Waals surface area contributed by atoms with Crippen LogP contribution in [0.4, 0.5) is 0 Å². The van der Waals surface area contributed by atoms with E-state index in [1.165, 1.54) is 22.9 Å². The SMILES string of the molecule is CCCc1c[nH]c2ccc(Cl)cc12. The summed E-state index contributed by atoms with van der Waals surface area (Å²) in [6.07, 6.45) is 4.35. The lowest BCUT2D eigenvalue weighted by Crippen LogP contribution is -1.78. The van der Waals surface area contributed by atoms with Gasteiger partial charge in [-0.2, -0.15) is 0 Å². The molecule has 1 N–H and O–H groups in total. The maximum atomic E-state index is 5.93. The van der Waals surface area contributed by atoms with Crippen molar-refractivity contribution in [2.24, 2.45) is 0 Å². The lowest BCUT2D eigenvalue weighted by molar-refractivity contribution is 0.929. The second-order valence-corrected chi connectivity index (χ2v) is 3.69. The van der Waals surface area contributed by atoms with Gasteiger partial charge in [0.05, 0.1) is 0 Å². The lowest BCUT2D eigenvalue weighted by Gasteiger charge is -1.95. The first-order valence-electron chi connectivity index (χ1n) is 4.57. The van der Waals surface area contributed by atoms with Crippen LogP contribution < -0.4 is 0 Å². The number of aromatic nitrogens is 1. The zero-order chi connectivity index (χ0) is 9.26. The van der Waals surface area contributed by atoms with Gasteiger partial charge in [-0.05, 0) is 30.2 Å². The molecular formula is C11H12ClN. The average Bonchev–Trinajstić information content (AvgIpc) is 2.49. The molecule has 0 aliphatic heterocycles. The van der Waals surface area contributed by atoms with Crippen LogP contribution in [-0.4, -0.2) is 4.98 Å². The monoisotopic (exact) mass is 193 g/mol. The van der Waals surface area contributed by atoms with Crippen LogP contribution in [0.3, 0.4) is 0 Å². The third kappa shape index (κ3) is 1.56. The first-order valence-corrected chi connectivity index (χ1v) is 4.94. The maximum absolute atomic E-state index is 5.93. The predicted molar refractivity (Wildman–Crippen MR) is 57.3 cm³/mol. The van der Waals surface area contributed by atoms with Crippen molar-refractivity contribution in [3.05, 3.63) is 35.0 Å². The van der Waals surface area contributed by atoms with Crippen LogP contribution in [0, 0.1) is 0 Å². The van der Waals surface area contributed by atoms with Gasteiger partial charge in [-0.1, -0.05) is 24.9 Å². The number of halogens is 1. The largest absolute Gasteiger partial charge is 0.361 e. The number of rotatable bonds is 2. The summed E-state index contributed by atoms with van der Waals surface area (Å²) in [5.41, 5.74) is 2.54. The number of hydrogen-bond acceptors (Lipinski definition) is 0. The summed E-state index contributed by atoms with van der Waals surface area (Å²) in [5.74, 6) is 0. The van der Waals surface area contributed by atoms with Crippen LogP contribution in [0.15, 0.2) is 24.4 Å². The summed E-state index contributed by atoms with van der Waals surface area (Å²) < 4.78 is 0. The number of hydrogen-bond donors (Lipinski definition) is 1. The second-order valence-electron chi connectivity index (χ2n) is 3.25. The van der Waals surface area contributed by atoms with Crippen molar-refractivity contribution in [2.75, 3.05) is 0 Å². The van der Waals surface area contributed by atoms with E-state index in [0.29, 0.717) is 0 Å². The highest BCUT2D eigenvalue weighted by atomic mass is 35.5. The van der Waals surface area contributed by atoms with Crippen LogP contribution in [0.5, 0.6) is 0 Å². The van der Waals surface area contributed by atoms with E-state index in [4.69, 9.17) is 11.6 Å². The molecule has 2 aromatic rings. The number of H-pyrrole nitrogens is 1. The molecular weight excluding hydrogens is 182 g/mol. The van der Waals surface area contributed by atoms with Crippen molar-refractivity contribution in [1.29, 1.82) is 0 Å². The molecule has 1 aromatic heterocycles. The molecule has 1 heterocycles. The van der Waals surface area contributed by atoms with Gasteiger partial charge in [-0.25, -0.2) is 0 Å². The molecule has 0 fully saturated rings. The Labute approximate surface area is 82.7 Å². The summed E-state index contributed by atoms with van der Waals surface area (Å²) in [4.78, 5) is 3.24. The Morgan fingerprint density at radius 1 is 1.38 bits per heavy atom. The summed E-state index contributed by atoms with van der Waals surface area (Å²) in [7, 11) is 0. The van der Waals surface area contributed by atoms with E-state index in [0.717, 1.165) is 11.4 Å². The smallest absolute Gasteiger partial charge is 0.0457 e. The fourth-order valence-electron chi connectivity index (χ4n) is 1.63. The van der Waals surface area contributed by atoms with Gasteiger partial charge in [0.2, 0.25) is 0 Å². The normalized spacial score (nSPS) is 10.9. The van der Waals surface area contributed by atoms with Crippen molar-refractivity contribution < 1.29 is 0 Å². The molecule has 0 aliphatic carbocycles. The predicted octanol–water partition coefficient (Wildman–Crippen LogP) is 3.77. The van der Waals surface area contributed by atoms with Gasteiger partial charge in [-0.3, -0.25) is 0 Å². The van der Waals surface area contributed by atoms with Crippen LogP contribution in [0.25, 0.3) is 10.9 Å². The van der Waals surface area contributed by atoms with Crippen molar-refractivity contribution in [2.45, 2.75) is 19.8 Å². The molecule has 0 radical (unpaired) electrons. The van der Waals surface area contributed by atoms with Crippen LogP contribution in [0.1, 0.15) is 18.9 Å². The Bertz CT molecular complexity index is 417. The minimum Gasteiger partial charge on any atom is -0.361 e. The van der Waals surface area contributed by atoms with Gasteiger partial charge >= 0.3 is 0 Å². The molecule has 1 aromatic carbocycles. The fraction of sp³-hybridized carbons (Fsp3) is 0.273. The van der Waals surface area contributed by atoms with Gasteiger partial charge in [0.25, 0.3) is 0 Å². The van der Waals surface area contributed by atoms with Crippen molar-refractivity contribution >= 4 is 22.5 Å². The van der Waals surface area contributed by atoms with Crippen LogP contribution in [0.2, 0.25) is 5.02 Å². The highest BCUT2D eigenvalue weighted by Gasteiger charge is 2.02. The van der Waals surface area contributed by atoms with Gasteiger partial charge in [0.15, 0.2) is 0 Å². The van der Waals surface area contributed by atoms with E-state index in [1.54, 1.807) is 0 Å². The maximum Gasteiger partial charge on any atom is 0.0457 e. The molecule has 68 valence electrons. The second kappa shape index (κ2) is 3.43. The zero-order valence-corrected chi connectivity index (χ0v) is 8.36. The number of aryl methyl sites for hydroxylation is 1. The molecule has 0 bridgehead atoms.